The third-order valence-corrected chi connectivity index (χ3v) is 2.99. The van der Waals surface area contributed by atoms with Crippen molar-refractivity contribution in [3.63, 3.8) is 0 Å². The van der Waals surface area contributed by atoms with Crippen molar-refractivity contribution in [2.45, 2.75) is 26.7 Å². The van der Waals surface area contributed by atoms with E-state index in [2.05, 4.69) is 0 Å². The molecule has 5 nitrogen and oxygen atoms in total. The molecule has 0 bridgehead atoms. The van der Waals surface area contributed by atoms with Crippen LogP contribution in [0, 0.1) is 6.92 Å². The van der Waals surface area contributed by atoms with Crippen molar-refractivity contribution in [1.29, 1.82) is 0 Å². The lowest BCUT2D eigenvalue weighted by Crippen LogP contribution is -2.30. The quantitative estimate of drug-likeness (QED) is 0.689. The minimum Gasteiger partial charge on any atom is -0.493 e. The van der Waals surface area contributed by atoms with Gasteiger partial charge in [-0.2, -0.15) is 0 Å². The van der Waals surface area contributed by atoms with Crippen molar-refractivity contribution in [2.75, 3.05) is 26.8 Å². The molecule has 0 aliphatic rings. The molecular weight excluding hydrogens is 270 g/mol. The predicted octanol–water partition coefficient (Wildman–Crippen LogP) is 2.18. The van der Waals surface area contributed by atoms with Crippen LogP contribution in [0.1, 0.15) is 25.3 Å². The first kappa shape index (κ1) is 17.0. The van der Waals surface area contributed by atoms with Crippen LogP contribution in [-0.4, -0.2) is 43.6 Å². The average molecular weight is 293 g/mol. The number of carbonyl (C=O) groups excluding carboxylic acids is 2. The first-order chi connectivity index (χ1) is 10.0. The second kappa shape index (κ2) is 9.00. The fraction of sp³-hybridized carbons (Fsp3) is 0.500. The fourth-order valence-corrected chi connectivity index (χ4v) is 1.70. The molecule has 0 aromatic heterocycles. The summed E-state index contributed by atoms with van der Waals surface area (Å²) in [7, 11) is 1.67. The molecule has 0 radical (unpaired) electrons. The second-order valence-electron chi connectivity index (χ2n) is 4.78. The molecule has 21 heavy (non-hydrogen) atoms. The summed E-state index contributed by atoms with van der Waals surface area (Å²) in [6.45, 7) is 4.82. The monoisotopic (exact) mass is 293 g/mol. The molecule has 0 saturated carbocycles. The molecule has 1 aromatic carbocycles. The van der Waals surface area contributed by atoms with Crippen molar-refractivity contribution in [1.82, 2.24) is 4.90 Å². The number of benzene rings is 1. The minimum absolute atomic E-state index is 0.0496. The lowest BCUT2D eigenvalue weighted by atomic mass is 10.2. The Morgan fingerprint density at radius 3 is 2.43 bits per heavy atom. The summed E-state index contributed by atoms with van der Waals surface area (Å²) in [4.78, 5) is 24.6. The number of hydrogen-bond acceptors (Lipinski definition) is 4. The average Bonchev–Trinajstić information content (AvgIpc) is 2.47. The Balaban J connectivity index is 2.23. The summed E-state index contributed by atoms with van der Waals surface area (Å²) in [5.74, 6) is 0.419. The van der Waals surface area contributed by atoms with Gasteiger partial charge >= 0.3 is 5.97 Å². The minimum atomic E-state index is -0.284. The number of ether oxygens (including phenoxy) is 2. The van der Waals surface area contributed by atoms with E-state index >= 15 is 0 Å². The smallest absolute Gasteiger partial charge is 0.307 e. The van der Waals surface area contributed by atoms with Crippen LogP contribution in [0.25, 0.3) is 0 Å². The zero-order valence-electron chi connectivity index (χ0n) is 12.9. The summed E-state index contributed by atoms with van der Waals surface area (Å²) in [5, 5.41) is 0. The number of rotatable bonds is 8. The maximum Gasteiger partial charge on any atom is 0.307 e. The summed E-state index contributed by atoms with van der Waals surface area (Å²) in [5.41, 5.74) is 1.16. The zero-order valence-corrected chi connectivity index (χ0v) is 12.9. The van der Waals surface area contributed by atoms with Gasteiger partial charge in [0.05, 0.1) is 26.1 Å². The molecule has 0 saturated heterocycles. The Hall–Kier alpha value is -2.04. The highest BCUT2D eigenvalue weighted by molar-refractivity contribution is 5.77. The van der Waals surface area contributed by atoms with E-state index in [4.69, 9.17) is 9.47 Å². The lowest BCUT2D eigenvalue weighted by Gasteiger charge is -2.16. The van der Waals surface area contributed by atoms with Crippen LogP contribution >= 0.6 is 0 Å². The number of nitrogens with zero attached hydrogens (tertiary/aromatic N) is 1. The summed E-state index contributed by atoms with van der Waals surface area (Å²) < 4.78 is 10.3. The Morgan fingerprint density at radius 2 is 1.81 bits per heavy atom. The summed E-state index contributed by atoms with van der Waals surface area (Å²) in [6, 6.07) is 7.68. The highest BCUT2D eigenvalue weighted by Gasteiger charge is 2.11. The predicted molar refractivity (Wildman–Crippen MR) is 80.2 cm³/mol. The number of carbonyl (C=O) groups is 2. The van der Waals surface area contributed by atoms with Crippen LogP contribution in [0.15, 0.2) is 24.3 Å². The summed E-state index contributed by atoms with van der Waals surface area (Å²) in [6.07, 6.45) is 0.502. The van der Waals surface area contributed by atoms with E-state index in [-0.39, 0.29) is 24.7 Å². The SMILES string of the molecule is CCOC(=O)CCN(C)C(=O)CCOc1ccc(C)cc1. The van der Waals surface area contributed by atoms with E-state index < -0.39 is 0 Å². The molecule has 0 atom stereocenters. The Bertz CT molecular complexity index is 456. The first-order valence-corrected chi connectivity index (χ1v) is 7.12. The number of hydrogen-bond donors (Lipinski definition) is 0. The van der Waals surface area contributed by atoms with Crippen LogP contribution in [0.5, 0.6) is 5.75 Å². The van der Waals surface area contributed by atoms with Gasteiger partial charge in [-0.25, -0.2) is 0 Å². The lowest BCUT2D eigenvalue weighted by molar-refractivity contribution is -0.143. The van der Waals surface area contributed by atoms with Crippen molar-refractivity contribution in [3.05, 3.63) is 29.8 Å². The van der Waals surface area contributed by atoms with Gasteiger partial charge < -0.3 is 14.4 Å². The highest BCUT2D eigenvalue weighted by atomic mass is 16.5. The maximum absolute atomic E-state index is 11.9. The van der Waals surface area contributed by atoms with E-state index in [0.717, 1.165) is 11.3 Å². The fourth-order valence-electron chi connectivity index (χ4n) is 1.70. The van der Waals surface area contributed by atoms with Gasteiger partial charge in [0.25, 0.3) is 0 Å². The molecule has 0 aliphatic carbocycles. The molecule has 5 heteroatoms. The van der Waals surface area contributed by atoms with Gasteiger partial charge in [-0.3, -0.25) is 9.59 Å². The second-order valence-corrected chi connectivity index (χ2v) is 4.78. The maximum atomic E-state index is 11.9. The molecule has 1 aromatic rings. The molecule has 0 heterocycles. The van der Waals surface area contributed by atoms with Crippen molar-refractivity contribution >= 4 is 11.9 Å². The Morgan fingerprint density at radius 1 is 1.14 bits per heavy atom. The Labute approximate surface area is 125 Å². The van der Waals surface area contributed by atoms with Crippen molar-refractivity contribution in [2.24, 2.45) is 0 Å². The van der Waals surface area contributed by atoms with Crippen LogP contribution < -0.4 is 4.74 Å². The Kier molecular flexibility index (Phi) is 7.29. The van der Waals surface area contributed by atoms with Crippen LogP contribution in [0.3, 0.4) is 0 Å². The van der Waals surface area contributed by atoms with Crippen molar-refractivity contribution in [3.8, 4) is 5.75 Å². The van der Waals surface area contributed by atoms with Gasteiger partial charge in [0.1, 0.15) is 5.75 Å². The van der Waals surface area contributed by atoms with Crippen LogP contribution in [-0.2, 0) is 14.3 Å². The largest absolute Gasteiger partial charge is 0.493 e. The van der Waals surface area contributed by atoms with E-state index in [1.165, 1.54) is 4.90 Å². The molecule has 0 aliphatic heterocycles. The third-order valence-electron chi connectivity index (χ3n) is 2.99. The van der Waals surface area contributed by atoms with Gasteiger partial charge in [0, 0.05) is 13.6 Å². The van der Waals surface area contributed by atoms with Gasteiger partial charge in [-0.15, -0.1) is 0 Å². The first-order valence-electron chi connectivity index (χ1n) is 7.12. The topological polar surface area (TPSA) is 55.8 Å². The number of amides is 1. The van der Waals surface area contributed by atoms with Gasteiger partial charge in [-0.1, -0.05) is 17.7 Å². The molecule has 0 N–H and O–H groups in total. The third kappa shape index (κ3) is 6.79. The zero-order chi connectivity index (χ0) is 15.7. The summed E-state index contributed by atoms with van der Waals surface area (Å²) >= 11 is 0. The molecule has 0 spiro atoms. The van der Waals surface area contributed by atoms with Crippen molar-refractivity contribution < 1.29 is 19.1 Å². The van der Waals surface area contributed by atoms with E-state index in [1.54, 1.807) is 14.0 Å². The van der Waals surface area contributed by atoms with Gasteiger partial charge in [0.15, 0.2) is 0 Å². The number of esters is 1. The molecular formula is C16H23NO4. The van der Waals surface area contributed by atoms with Gasteiger partial charge in [0.2, 0.25) is 5.91 Å². The van der Waals surface area contributed by atoms with E-state index in [9.17, 15) is 9.59 Å². The highest BCUT2D eigenvalue weighted by Crippen LogP contribution is 2.11. The van der Waals surface area contributed by atoms with Crippen LogP contribution in [0.2, 0.25) is 0 Å². The standard InChI is InChI=1S/C16H23NO4/c1-4-20-16(19)9-11-17(3)15(18)10-12-21-14-7-5-13(2)6-8-14/h5-8H,4,9-12H2,1-3H3. The molecule has 116 valence electrons. The van der Waals surface area contributed by atoms with E-state index in [0.29, 0.717) is 19.8 Å². The normalized spacial score (nSPS) is 10.0. The van der Waals surface area contributed by atoms with Crippen LogP contribution in [0.4, 0.5) is 0 Å². The number of aryl methyl sites for hydroxylation is 1. The molecule has 1 amide bonds. The molecule has 0 unspecified atom stereocenters. The molecule has 0 fully saturated rings. The molecule has 1 rings (SSSR count). The van der Waals surface area contributed by atoms with E-state index in [1.807, 2.05) is 31.2 Å². The van der Waals surface area contributed by atoms with Gasteiger partial charge in [-0.05, 0) is 26.0 Å².